The molecule has 2 aliphatic rings. The van der Waals surface area contributed by atoms with Crippen LogP contribution >= 0.6 is 11.3 Å². The van der Waals surface area contributed by atoms with Crippen LogP contribution in [0.3, 0.4) is 0 Å². The van der Waals surface area contributed by atoms with Gasteiger partial charge in [0.05, 0.1) is 48.5 Å². The van der Waals surface area contributed by atoms with E-state index in [1.54, 1.807) is 42.5 Å². The number of ether oxygens (including phenoxy) is 4. The minimum absolute atomic E-state index is 0.0803. The normalized spacial score (nSPS) is 15.4. The summed E-state index contributed by atoms with van der Waals surface area (Å²) in [5, 5.41) is 10.4. The molecule has 0 bridgehead atoms. The number of carbonyl (C=O) groups excluding carboxylic acids is 1. The van der Waals surface area contributed by atoms with E-state index < -0.39 is 17.6 Å². The molecule has 1 aliphatic heterocycles. The zero-order valence-electron chi connectivity index (χ0n) is 40.6. The third-order valence-electron chi connectivity index (χ3n) is 13.3. The van der Waals surface area contributed by atoms with Crippen molar-refractivity contribution < 1.29 is 32.5 Å². The molecule has 2 fully saturated rings. The van der Waals surface area contributed by atoms with Gasteiger partial charge in [0.15, 0.2) is 11.6 Å². The van der Waals surface area contributed by atoms with Gasteiger partial charge in [-0.3, -0.25) is 0 Å². The number of thiazole rings is 1. The standard InChI is InChI=1S/C60H59F2N3O5S/c1-40(2)58(66)69-34-11-10-33-68-53-31-30-50(56(61)57(53)62)46-25-18-41(19-26-46)16-17-43-22-28-49-47(36-43)27-29-48(45-23-20-42(21-24-45)32-35-67-39-55-60(3,4)70-55)51(49)37-63-65(38-44-12-6-5-7-13-44)59-64-52-14-8-9-15-54(52)71-59/h8-9,14-15,18-31,36-37,44,55H,1,5-7,10-13,32-35,38-39H2,2-4H3/b63-37+. The summed E-state index contributed by atoms with van der Waals surface area (Å²) in [5.41, 5.74) is 7.82. The average molecular weight is 972 g/mol. The van der Waals surface area contributed by atoms with Crippen LogP contribution in [0.25, 0.3) is 43.2 Å². The van der Waals surface area contributed by atoms with E-state index in [0.29, 0.717) is 43.1 Å². The molecule has 7 aromatic rings. The number of epoxide rings is 1. The van der Waals surface area contributed by atoms with Crippen LogP contribution in [0.15, 0.2) is 133 Å². The van der Waals surface area contributed by atoms with Crippen LogP contribution in [0.2, 0.25) is 0 Å². The number of anilines is 1. The monoisotopic (exact) mass is 971 g/mol. The Morgan fingerprint density at radius 1 is 0.859 bits per heavy atom. The highest BCUT2D eigenvalue weighted by atomic mass is 32.1. The van der Waals surface area contributed by atoms with Crippen molar-refractivity contribution in [3.8, 4) is 39.8 Å². The molecule has 0 amide bonds. The van der Waals surface area contributed by atoms with Crippen LogP contribution in [-0.4, -0.2) is 61.8 Å². The number of unbranched alkanes of at least 4 members (excludes halogenated alkanes) is 1. The van der Waals surface area contributed by atoms with Crippen molar-refractivity contribution >= 4 is 49.6 Å². The van der Waals surface area contributed by atoms with E-state index in [-0.39, 0.29) is 36.2 Å². The van der Waals surface area contributed by atoms with Crippen LogP contribution in [-0.2, 0) is 25.4 Å². The van der Waals surface area contributed by atoms with Gasteiger partial charge in [-0.1, -0.05) is 116 Å². The van der Waals surface area contributed by atoms with Gasteiger partial charge in [-0.15, -0.1) is 0 Å². The summed E-state index contributed by atoms with van der Waals surface area (Å²) >= 11 is 1.68. The number of hydrogen-bond acceptors (Lipinski definition) is 9. The van der Waals surface area contributed by atoms with Gasteiger partial charge in [-0.05, 0) is 140 Å². The maximum atomic E-state index is 15.3. The molecule has 364 valence electrons. The Balaban J connectivity index is 0.941. The Labute approximate surface area is 419 Å². The second-order valence-corrected chi connectivity index (χ2v) is 20.0. The van der Waals surface area contributed by atoms with Gasteiger partial charge in [-0.2, -0.15) is 9.49 Å². The Bertz CT molecular complexity index is 3080. The van der Waals surface area contributed by atoms with E-state index in [0.717, 1.165) is 66.9 Å². The Kier molecular flexibility index (Phi) is 15.7. The summed E-state index contributed by atoms with van der Waals surface area (Å²) in [6, 6.07) is 37.6. The lowest BCUT2D eigenvalue weighted by Crippen LogP contribution is -2.26. The average Bonchev–Trinajstić information content (AvgIpc) is 3.77. The minimum Gasteiger partial charge on any atom is -0.490 e. The maximum absolute atomic E-state index is 15.3. The van der Waals surface area contributed by atoms with Crippen LogP contribution in [0.4, 0.5) is 13.9 Å². The van der Waals surface area contributed by atoms with E-state index in [4.69, 9.17) is 29.0 Å². The molecule has 1 saturated carbocycles. The van der Waals surface area contributed by atoms with E-state index >= 15 is 8.78 Å². The Morgan fingerprint density at radius 3 is 2.32 bits per heavy atom. The first-order valence-electron chi connectivity index (χ1n) is 24.6. The van der Waals surface area contributed by atoms with Crippen molar-refractivity contribution in [2.24, 2.45) is 11.0 Å². The molecule has 0 spiro atoms. The zero-order chi connectivity index (χ0) is 49.3. The lowest BCUT2D eigenvalue weighted by Gasteiger charge is -2.26. The van der Waals surface area contributed by atoms with Crippen molar-refractivity contribution in [1.82, 2.24) is 4.98 Å². The van der Waals surface area contributed by atoms with Crippen molar-refractivity contribution in [2.45, 2.75) is 83.8 Å². The number of rotatable bonds is 19. The summed E-state index contributed by atoms with van der Waals surface area (Å²) in [4.78, 5) is 16.6. The number of hydrazone groups is 1. The zero-order valence-corrected chi connectivity index (χ0v) is 41.5. The SMILES string of the molecule is C=C(C)C(=O)OCCCCOc1ccc(-c2ccc(C#Cc3ccc4c(/C=N/N(CC5CCCCC5)c5nc6ccccc6s5)c(-c5ccc(CCOCC6OC6(C)C)cc5)ccc4c3)cc2)c(F)c1F. The molecule has 1 saturated heterocycles. The van der Waals surface area contributed by atoms with Crippen LogP contribution in [0.1, 0.15) is 88.0 Å². The first-order chi connectivity index (χ1) is 34.5. The van der Waals surface area contributed by atoms with Crippen LogP contribution in [0, 0.1) is 29.4 Å². The van der Waals surface area contributed by atoms with Gasteiger partial charge >= 0.3 is 5.97 Å². The molecule has 9 rings (SSSR count). The number of para-hydroxylation sites is 1. The third-order valence-corrected chi connectivity index (χ3v) is 14.3. The predicted octanol–water partition coefficient (Wildman–Crippen LogP) is 13.9. The fourth-order valence-corrected chi connectivity index (χ4v) is 9.86. The Hall–Kier alpha value is -6.71. The molecule has 1 aliphatic carbocycles. The van der Waals surface area contributed by atoms with Gasteiger partial charge in [0, 0.05) is 34.4 Å². The topological polar surface area (TPSA) is 85.8 Å². The number of halogens is 2. The number of aromatic nitrogens is 1. The summed E-state index contributed by atoms with van der Waals surface area (Å²) in [7, 11) is 0. The van der Waals surface area contributed by atoms with Crippen molar-refractivity contribution in [2.75, 3.05) is 38.0 Å². The van der Waals surface area contributed by atoms with Crippen LogP contribution < -0.4 is 9.75 Å². The molecule has 1 aromatic heterocycles. The van der Waals surface area contributed by atoms with E-state index in [1.807, 2.05) is 18.3 Å². The maximum Gasteiger partial charge on any atom is 0.333 e. The predicted molar refractivity (Wildman–Crippen MR) is 282 cm³/mol. The number of hydrogen-bond donors (Lipinski definition) is 0. The quantitative estimate of drug-likeness (QED) is 0.0152. The minimum atomic E-state index is -1.05. The first-order valence-corrected chi connectivity index (χ1v) is 25.5. The van der Waals surface area contributed by atoms with Gasteiger partial charge in [0.2, 0.25) is 10.9 Å². The lowest BCUT2D eigenvalue weighted by molar-refractivity contribution is -0.139. The van der Waals surface area contributed by atoms with Gasteiger partial charge < -0.3 is 18.9 Å². The molecular weight excluding hydrogens is 913 g/mol. The lowest BCUT2D eigenvalue weighted by atomic mass is 9.89. The summed E-state index contributed by atoms with van der Waals surface area (Å²) in [6.07, 6.45) is 10.2. The summed E-state index contributed by atoms with van der Waals surface area (Å²) in [6.45, 7) is 11.7. The number of fused-ring (bicyclic) bond motifs is 2. The van der Waals surface area contributed by atoms with Gasteiger partial charge in [-0.25, -0.2) is 19.2 Å². The van der Waals surface area contributed by atoms with E-state index in [9.17, 15) is 4.79 Å². The first kappa shape index (κ1) is 49.3. The second-order valence-electron chi connectivity index (χ2n) is 19.0. The molecule has 8 nitrogen and oxygen atoms in total. The highest BCUT2D eigenvalue weighted by Crippen LogP contribution is 2.37. The molecule has 0 radical (unpaired) electrons. The molecule has 1 unspecified atom stereocenters. The molecule has 11 heteroatoms. The molecule has 2 heterocycles. The van der Waals surface area contributed by atoms with Gasteiger partial charge in [0.1, 0.15) is 6.10 Å². The highest BCUT2D eigenvalue weighted by molar-refractivity contribution is 7.22. The highest BCUT2D eigenvalue weighted by Gasteiger charge is 2.47. The van der Waals surface area contributed by atoms with Gasteiger partial charge in [0.25, 0.3) is 0 Å². The van der Waals surface area contributed by atoms with Crippen molar-refractivity contribution in [3.05, 3.63) is 161 Å². The fourth-order valence-electron chi connectivity index (χ4n) is 8.93. The smallest absolute Gasteiger partial charge is 0.333 e. The summed E-state index contributed by atoms with van der Waals surface area (Å²) in [5.74, 6) is 4.46. The number of esters is 1. The second kappa shape index (κ2) is 22.6. The Morgan fingerprint density at radius 2 is 1.56 bits per heavy atom. The molecule has 1 atom stereocenters. The summed E-state index contributed by atoms with van der Waals surface area (Å²) < 4.78 is 53.8. The number of nitrogens with zero attached hydrogens (tertiary/aromatic N) is 3. The molecular formula is C60H59F2N3O5S. The molecule has 71 heavy (non-hydrogen) atoms. The number of benzene rings is 6. The van der Waals surface area contributed by atoms with Crippen LogP contribution in [0.5, 0.6) is 5.75 Å². The van der Waals surface area contributed by atoms with E-state index in [2.05, 4.69) is 104 Å². The van der Waals surface area contributed by atoms with Crippen molar-refractivity contribution in [3.63, 3.8) is 0 Å². The van der Waals surface area contributed by atoms with E-state index in [1.165, 1.54) is 49.8 Å². The molecule has 6 aromatic carbocycles. The molecule has 0 N–H and O–H groups in total. The third kappa shape index (κ3) is 12.4. The largest absolute Gasteiger partial charge is 0.490 e. The number of carbonyl (C=O) groups is 1. The fraction of sp³-hybridized carbons (Fsp3) is 0.317. The van der Waals surface area contributed by atoms with Crippen molar-refractivity contribution in [1.29, 1.82) is 0 Å².